The van der Waals surface area contributed by atoms with E-state index in [1.54, 1.807) is 6.20 Å². The number of aromatic nitrogens is 2. The fraction of sp³-hybridized carbons (Fsp3) is 0.517. The van der Waals surface area contributed by atoms with Crippen molar-refractivity contribution in [2.75, 3.05) is 13.1 Å². The fourth-order valence-electron chi connectivity index (χ4n) is 5.32. The lowest BCUT2D eigenvalue weighted by atomic mass is 9.76. The van der Waals surface area contributed by atoms with Crippen molar-refractivity contribution in [3.8, 4) is 12.3 Å². The minimum Gasteiger partial charge on any atom is -0.329 e. The van der Waals surface area contributed by atoms with Gasteiger partial charge in [0, 0.05) is 37.6 Å². The highest BCUT2D eigenvalue weighted by Crippen LogP contribution is 2.40. The third-order valence-corrected chi connectivity index (χ3v) is 7.41. The minimum absolute atomic E-state index is 0.0370. The first kappa shape index (κ1) is 24.4. The lowest BCUT2D eigenvalue weighted by molar-refractivity contribution is 0.0983. The molecule has 1 fully saturated rings. The number of rotatable bonds is 6. The third-order valence-electron chi connectivity index (χ3n) is 7.41. The van der Waals surface area contributed by atoms with Crippen LogP contribution >= 0.6 is 0 Å². The van der Waals surface area contributed by atoms with Crippen LogP contribution in [0.2, 0.25) is 0 Å². The number of nitrogens with one attached hydrogen (secondary N) is 2. The van der Waals surface area contributed by atoms with Gasteiger partial charge in [0.2, 0.25) is 5.78 Å². The summed E-state index contributed by atoms with van der Waals surface area (Å²) in [6.07, 6.45) is 12.9. The number of piperazine rings is 1. The molecule has 0 radical (unpaired) electrons. The van der Waals surface area contributed by atoms with Crippen molar-refractivity contribution in [2.45, 2.75) is 78.4 Å². The Morgan fingerprint density at radius 2 is 2.03 bits per heavy atom. The molecule has 2 N–H and O–H groups in total. The number of nitrogens with zero attached hydrogens (tertiary/aromatic N) is 2. The van der Waals surface area contributed by atoms with Gasteiger partial charge in [0.25, 0.3) is 0 Å². The van der Waals surface area contributed by atoms with E-state index in [1.807, 2.05) is 0 Å². The van der Waals surface area contributed by atoms with Gasteiger partial charge in [0.15, 0.2) is 5.82 Å². The summed E-state index contributed by atoms with van der Waals surface area (Å²) in [6.45, 7) is 13.5. The number of carbonyl (C=O) groups is 1. The zero-order valence-corrected chi connectivity index (χ0v) is 21.2. The Labute approximate surface area is 204 Å². The molecule has 5 nitrogen and oxygen atoms in total. The van der Waals surface area contributed by atoms with E-state index in [9.17, 15) is 4.79 Å². The number of terminal acetylenes is 1. The van der Waals surface area contributed by atoms with E-state index in [0.717, 1.165) is 37.9 Å². The van der Waals surface area contributed by atoms with Crippen LogP contribution < -0.4 is 5.32 Å². The van der Waals surface area contributed by atoms with Gasteiger partial charge >= 0.3 is 0 Å². The number of benzene rings is 1. The average Bonchev–Trinajstić information content (AvgIpc) is 3.28. The van der Waals surface area contributed by atoms with Crippen LogP contribution in [0.5, 0.6) is 0 Å². The zero-order chi connectivity index (χ0) is 24.5. The molecule has 1 aromatic carbocycles. The number of allylic oxidation sites excluding steroid dienone is 2. The maximum absolute atomic E-state index is 13.0. The van der Waals surface area contributed by atoms with Gasteiger partial charge in [-0.2, -0.15) is 0 Å². The Bertz CT molecular complexity index is 1110. The van der Waals surface area contributed by atoms with Crippen molar-refractivity contribution in [1.29, 1.82) is 0 Å². The molecular formula is C29H38N4O. The summed E-state index contributed by atoms with van der Waals surface area (Å²) in [5.74, 6) is 2.80. The lowest BCUT2D eigenvalue weighted by Crippen LogP contribution is -2.54. The summed E-state index contributed by atoms with van der Waals surface area (Å²) in [4.78, 5) is 22.7. The molecule has 2 heterocycles. The summed E-state index contributed by atoms with van der Waals surface area (Å²) < 4.78 is 0. The summed E-state index contributed by atoms with van der Waals surface area (Å²) >= 11 is 0. The van der Waals surface area contributed by atoms with Crippen LogP contribution in [0, 0.1) is 17.8 Å². The second-order valence-electron chi connectivity index (χ2n) is 11.0. The number of carbonyl (C=O) groups excluding carboxylic acids is 1. The van der Waals surface area contributed by atoms with E-state index in [0.29, 0.717) is 41.5 Å². The Balaban J connectivity index is 1.65. The van der Waals surface area contributed by atoms with Crippen molar-refractivity contribution in [2.24, 2.45) is 5.41 Å². The number of imidazole rings is 1. The van der Waals surface area contributed by atoms with Crippen molar-refractivity contribution in [3.63, 3.8) is 0 Å². The summed E-state index contributed by atoms with van der Waals surface area (Å²) in [6, 6.07) is 7.97. The number of hydrogen-bond acceptors (Lipinski definition) is 4. The van der Waals surface area contributed by atoms with E-state index in [4.69, 9.17) is 6.42 Å². The SMILES string of the molecule is C#Cc1cnc(C(=O)Cc2ccc(C(C)N3C[C@@H](C)N[C@@H](C)C3)cc2C2=CCC(C)(C)CC2)[nH]1. The highest BCUT2D eigenvalue weighted by molar-refractivity contribution is 5.95. The van der Waals surface area contributed by atoms with E-state index in [-0.39, 0.29) is 5.78 Å². The van der Waals surface area contributed by atoms with Crippen LogP contribution in [-0.4, -0.2) is 45.8 Å². The van der Waals surface area contributed by atoms with Crippen molar-refractivity contribution < 1.29 is 4.79 Å². The lowest BCUT2D eigenvalue weighted by Gasteiger charge is -2.40. The molecule has 2 aromatic rings. The van der Waals surface area contributed by atoms with Crippen LogP contribution in [0.25, 0.3) is 5.57 Å². The molecule has 1 unspecified atom stereocenters. The number of hydrogen-bond donors (Lipinski definition) is 2. The molecule has 0 saturated carbocycles. The molecule has 0 amide bonds. The molecule has 34 heavy (non-hydrogen) atoms. The Kier molecular flexibility index (Phi) is 7.12. The standard InChI is InChI=1S/C29H38N4O/c1-7-25-16-30-28(32-25)27(34)15-24-9-8-23(21(4)33-17-19(2)31-20(3)18-33)14-26(24)22-10-12-29(5,6)13-11-22/h1,8-10,14,16,19-21,31H,11-13,15,17-18H2,2-6H3,(H,30,32)/t19-,20+,21?. The fourth-order valence-corrected chi connectivity index (χ4v) is 5.32. The molecule has 3 atom stereocenters. The second kappa shape index (κ2) is 9.90. The molecule has 5 heteroatoms. The molecule has 1 aliphatic heterocycles. The predicted octanol–water partition coefficient (Wildman–Crippen LogP) is 5.15. The smallest absolute Gasteiger partial charge is 0.202 e. The monoisotopic (exact) mass is 458 g/mol. The van der Waals surface area contributed by atoms with Crippen LogP contribution in [0.4, 0.5) is 0 Å². The zero-order valence-electron chi connectivity index (χ0n) is 21.2. The largest absolute Gasteiger partial charge is 0.329 e. The molecule has 4 rings (SSSR count). The number of ketones is 1. The van der Waals surface area contributed by atoms with Crippen LogP contribution in [0.3, 0.4) is 0 Å². The Morgan fingerprint density at radius 1 is 1.29 bits per heavy atom. The van der Waals surface area contributed by atoms with Crippen molar-refractivity contribution >= 4 is 11.4 Å². The molecule has 0 bridgehead atoms. The van der Waals surface area contributed by atoms with E-state index in [1.165, 1.54) is 16.7 Å². The topological polar surface area (TPSA) is 61.0 Å². The van der Waals surface area contributed by atoms with Crippen LogP contribution in [-0.2, 0) is 6.42 Å². The van der Waals surface area contributed by atoms with Gasteiger partial charge in [-0.15, -0.1) is 6.42 Å². The molecule has 1 aromatic heterocycles. The highest BCUT2D eigenvalue weighted by Gasteiger charge is 2.27. The number of aromatic amines is 1. The van der Waals surface area contributed by atoms with E-state index in [2.05, 4.69) is 85.0 Å². The Hall–Kier alpha value is -2.68. The van der Waals surface area contributed by atoms with E-state index < -0.39 is 0 Å². The predicted molar refractivity (Wildman–Crippen MR) is 139 cm³/mol. The van der Waals surface area contributed by atoms with Gasteiger partial charge in [0.1, 0.15) is 5.69 Å². The average molecular weight is 459 g/mol. The first-order valence-electron chi connectivity index (χ1n) is 12.5. The molecular weight excluding hydrogens is 420 g/mol. The quantitative estimate of drug-likeness (QED) is 0.464. The first-order chi connectivity index (χ1) is 16.1. The highest BCUT2D eigenvalue weighted by atomic mass is 16.1. The van der Waals surface area contributed by atoms with Gasteiger partial charge in [-0.3, -0.25) is 9.69 Å². The van der Waals surface area contributed by atoms with Gasteiger partial charge in [0.05, 0.1) is 6.20 Å². The minimum atomic E-state index is -0.0370. The van der Waals surface area contributed by atoms with E-state index >= 15 is 0 Å². The summed E-state index contributed by atoms with van der Waals surface area (Å²) in [5, 5.41) is 3.63. The molecule has 180 valence electrons. The normalized spacial score (nSPS) is 23.7. The van der Waals surface area contributed by atoms with Crippen LogP contribution in [0.1, 0.15) is 92.9 Å². The maximum Gasteiger partial charge on any atom is 0.202 e. The summed E-state index contributed by atoms with van der Waals surface area (Å²) in [7, 11) is 0. The first-order valence-corrected chi connectivity index (χ1v) is 12.5. The van der Waals surface area contributed by atoms with Crippen molar-refractivity contribution in [3.05, 3.63) is 58.7 Å². The molecule has 2 aliphatic rings. The summed E-state index contributed by atoms with van der Waals surface area (Å²) in [5.41, 5.74) is 5.81. The van der Waals surface area contributed by atoms with Crippen LogP contribution in [0.15, 0.2) is 30.5 Å². The number of H-pyrrole nitrogens is 1. The van der Waals surface area contributed by atoms with Gasteiger partial charge in [-0.05, 0) is 73.8 Å². The van der Waals surface area contributed by atoms with Gasteiger partial charge in [-0.25, -0.2) is 4.98 Å². The molecule has 1 saturated heterocycles. The Morgan fingerprint density at radius 3 is 2.65 bits per heavy atom. The second-order valence-corrected chi connectivity index (χ2v) is 11.0. The third kappa shape index (κ3) is 5.51. The van der Waals surface area contributed by atoms with Gasteiger partial charge in [-0.1, -0.05) is 38.0 Å². The molecule has 0 spiro atoms. The molecule has 1 aliphatic carbocycles. The van der Waals surface area contributed by atoms with Gasteiger partial charge < -0.3 is 10.3 Å². The van der Waals surface area contributed by atoms with Crippen molar-refractivity contribution in [1.82, 2.24) is 20.2 Å². The maximum atomic E-state index is 13.0. The number of Topliss-reactive ketones (excluding diaryl/α,β-unsaturated/α-hetero) is 1.